The second-order valence-corrected chi connectivity index (χ2v) is 9.93. The number of para-hydroxylation sites is 1. The number of terminal acetylenes is 1. The van der Waals surface area contributed by atoms with Gasteiger partial charge in [-0.2, -0.15) is 0 Å². The molecule has 1 atom stereocenters. The summed E-state index contributed by atoms with van der Waals surface area (Å²) < 4.78 is 13.7. The van der Waals surface area contributed by atoms with Gasteiger partial charge in [-0.15, -0.1) is 6.42 Å². The number of hydrogen-bond donors (Lipinski definition) is 0. The standard InChI is InChI=1S/C31H24N2O3S/c1-3-18-36-22-15-12-20(13-16-22)19-27-30(34)33-29(24-10-6-7-11-26(24)35-2)25-17-14-21-8-4-5-9-23(21)28(25)32-31(33)37-27/h1,4-13,15-16,19,29H,14,17-18H2,2H3/b27-19+/t29-/m1/s1. The molecule has 0 unspecified atom stereocenters. The second kappa shape index (κ2) is 9.61. The smallest absolute Gasteiger partial charge is 0.271 e. The van der Waals surface area contributed by atoms with Crippen molar-refractivity contribution >= 4 is 23.1 Å². The summed E-state index contributed by atoms with van der Waals surface area (Å²) >= 11 is 1.41. The van der Waals surface area contributed by atoms with E-state index in [0.29, 0.717) is 15.1 Å². The normalized spacial score (nSPS) is 16.2. The highest BCUT2D eigenvalue weighted by molar-refractivity contribution is 7.07. The van der Waals surface area contributed by atoms with Gasteiger partial charge in [0.05, 0.1) is 23.4 Å². The monoisotopic (exact) mass is 504 g/mol. The first-order valence-electron chi connectivity index (χ1n) is 12.1. The SMILES string of the molecule is C#CCOc1ccc(/C=c2/sc3n(c2=O)[C@H](c2ccccc2OC)C2=C(N=3)c3ccccc3CC2)cc1. The van der Waals surface area contributed by atoms with Gasteiger partial charge in [0.15, 0.2) is 4.80 Å². The average molecular weight is 505 g/mol. The minimum absolute atomic E-state index is 0.0577. The molecule has 0 saturated carbocycles. The third-order valence-electron chi connectivity index (χ3n) is 6.81. The van der Waals surface area contributed by atoms with Crippen LogP contribution in [0.4, 0.5) is 0 Å². The summed E-state index contributed by atoms with van der Waals surface area (Å²) in [6, 6.07) is 23.6. The highest BCUT2D eigenvalue weighted by Gasteiger charge is 2.33. The van der Waals surface area contributed by atoms with Crippen LogP contribution in [0.3, 0.4) is 0 Å². The molecule has 0 fully saturated rings. The summed E-state index contributed by atoms with van der Waals surface area (Å²) in [4.78, 5) is 19.7. The molecular weight excluding hydrogens is 480 g/mol. The van der Waals surface area contributed by atoms with Crippen molar-refractivity contribution in [2.45, 2.75) is 18.9 Å². The molecule has 0 N–H and O–H groups in total. The number of fused-ring (bicyclic) bond motifs is 3. The lowest BCUT2D eigenvalue weighted by Gasteiger charge is -2.31. The first kappa shape index (κ1) is 23.1. The summed E-state index contributed by atoms with van der Waals surface area (Å²) in [6.07, 6.45) is 8.93. The Kier molecular flexibility index (Phi) is 5.99. The van der Waals surface area contributed by atoms with Gasteiger partial charge in [-0.1, -0.05) is 71.9 Å². The van der Waals surface area contributed by atoms with Crippen molar-refractivity contribution < 1.29 is 9.47 Å². The third kappa shape index (κ3) is 4.08. The molecule has 37 heavy (non-hydrogen) atoms. The summed E-state index contributed by atoms with van der Waals surface area (Å²) in [5.74, 6) is 3.92. The van der Waals surface area contributed by atoms with Crippen LogP contribution >= 0.6 is 11.3 Å². The van der Waals surface area contributed by atoms with Crippen molar-refractivity contribution in [1.82, 2.24) is 4.57 Å². The molecule has 2 heterocycles. The Morgan fingerprint density at radius 1 is 1.08 bits per heavy atom. The first-order valence-corrected chi connectivity index (χ1v) is 12.9. The van der Waals surface area contributed by atoms with Gasteiger partial charge in [0.2, 0.25) is 0 Å². The number of thiazole rings is 1. The van der Waals surface area contributed by atoms with Crippen LogP contribution in [-0.2, 0) is 6.42 Å². The zero-order chi connectivity index (χ0) is 25.4. The lowest BCUT2D eigenvalue weighted by molar-refractivity contribution is 0.370. The molecule has 0 amide bonds. The summed E-state index contributed by atoms with van der Waals surface area (Å²) in [7, 11) is 1.67. The maximum absolute atomic E-state index is 13.9. The van der Waals surface area contributed by atoms with Gasteiger partial charge in [0.1, 0.15) is 18.1 Å². The Balaban J connectivity index is 1.55. The van der Waals surface area contributed by atoms with E-state index < -0.39 is 0 Å². The van der Waals surface area contributed by atoms with Crippen molar-refractivity contribution in [2.75, 3.05) is 13.7 Å². The molecule has 182 valence electrons. The minimum Gasteiger partial charge on any atom is -0.496 e. The molecule has 1 aliphatic heterocycles. The number of rotatable bonds is 5. The van der Waals surface area contributed by atoms with Gasteiger partial charge in [0.25, 0.3) is 5.56 Å². The van der Waals surface area contributed by atoms with Crippen LogP contribution in [0.2, 0.25) is 0 Å². The molecule has 1 aliphatic carbocycles. The number of ether oxygens (including phenoxy) is 2. The average Bonchev–Trinajstić information content (AvgIpc) is 3.25. The highest BCUT2D eigenvalue weighted by Crippen LogP contribution is 2.43. The zero-order valence-corrected chi connectivity index (χ0v) is 21.1. The van der Waals surface area contributed by atoms with Crippen LogP contribution in [0, 0.1) is 12.3 Å². The number of aromatic nitrogens is 1. The molecular formula is C31H24N2O3S. The van der Waals surface area contributed by atoms with Gasteiger partial charge in [-0.25, -0.2) is 4.99 Å². The minimum atomic E-state index is -0.280. The Labute approximate surface area is 218 Å². The Bertz CT molecular complexity index is 1750. The van der Waals surface area contributed by atoms with E-state index in [1.807, 2.05) is 59.2 Å². The predicted molar refractivity (Wildman–Crippen MR) is 147 cm³/mol. The van der Waals surface area contributed by atoms with Crippen molar-refractivity contribution in [2.24, 2.45) is 4.99 Å². The number of nitrogens with zero attached hydrogens (tertiary/aromatic N) is 2. The molecule has 3 aromatic carbocycles. The summed E-state index contributed by atoms with van der Waals surface area (Å²) in [5, 5.41) is 0. The lowest BCUT2D eigenvalue weighted by atomic mass is 9.83. The van der Waals surface area contributed by atoms with Crippen LogP contribution in [0.25, 0.3) is 11.8 Å². The van der Waals surface area contributed by atoms with Gasteiger partial charge in [0, 0.05) is 11.1 Å². The van der Waals surface area contributed by atoms with Gasteiger partial charge >= 0.3 is 0 Å². The number of methoxy groups -OCH3 is 1. The van der Waals surface area contributed by atoms with Gasteiger partial charge < -0.3 is 9.47 Å². The molecule has 5 nitrogen and oxygen atoms in total. The second-order valence-electron chi connectivity index (χ2n) is 8.92. The Morgan fingerprint density at radius 3 is 2.68 bits per heavy atom. The van der Waals surface area contributed by atoms with Crippen molar-refractivity contribution in [3.05, 3.63) is 120 Å². The van der Waals surface area contributed by atoms with E-state index >= 15 is 0 Å². The van der Waals surface area contributed by atoms with Crippen molar-refractivity contribution in [3.8, 4) is 23.8 Å². The zero-order valence-electron chi connectivity index (χ0n) is 20.3. The van der Waals surface area contributed by atoms with E-state index in [1.54, 1.807) is 7.11 Å². The van der Waals surface area contributed by atoms with Crippen LogP contribution in [0.5, 0.6) is 11.5 Å². The van der Waals surface area contributed by atoms with Crippen molar-refractivity contribution in [3.63, 3.8) is 0 Å². The molecule has 1 aromatic heterocycles. The molecule has 6 rings (SSSR count). The lowest BCUT2D eigenvalue weighted by Crippen LogP contribution is -2.38. The summed E-state index contributed by atoms with van der Waals surface area (Å²) in [6.45, 7) is 0.217. The number of aryl methyl sites for hydroxylation is 1. The number of hydrogen-bond acceptors (Lipinski definition) is 5. The molecule has 2 aliphatic rings. The molecule has 6 heteroatoms. The predicted octanol–water partition coefficient (Wildman–Crippen LogP) is 4.34. The largest absolute Gasteiger partial charge is 0.496 e. The van der Waals surface area contributed by atoms with E-state index in [9.17, 15) is 4.79 Å². The van der Waals surface area contributed by atoms with Crippen LogP contribution in [0.15, 0.2) is 88.2 Å². The van der Waals surface area contributed by atoms with Crippen LogP contribution in [0.1, 0.15) is 34.7 Å². The van der Waals surface area contributed by atoms with E-state index in [0.717, 1.165) is 46.6 Å². The maximum atomic E-state index is 13.9. The fourth-order valence-corrected chi connectivity index (χ4v) is 6.13. The molecule has 0 spiro atoms. The van der Waals surface area contributed by atoms with Crippen molar-refractivity contribution in [1.29, 1.82) is 0 Å². The molecule has 4 aromatic rings. The first-order chi connectivity index (χ1) is 18.2. The molecule has 0 radical (unpaired) electrons. The Morgan fingerprint density at radius 2 is 1.86 bits per heavy atom. The molecule has 0 bridgehead atoms. The van der Waals surface area contributed by atoms with E-state index in [-0.39, 0.29) is 18.2 Å². The van der Waals surface area contributed by atoms with E-state index in [4.69, 9.17) is 20.9 Å². The fraction of sp³-hybridized carbons (Fsp3) is 0.161. The van der Waals surface area contributed by atoms with Gasteiger partial charge in [-0.05, 0) is 53.8 Å². The Hall–Kier alpha value is -4.34. The highest BCUT2D eigenvalue weighted by atomic mass is 32.1. The van der Waals surface area contributed by atoms with E-state index in [2.05, 4.69) is 30.2 Å². The van der Waals surface area contributed by atoms with Crippen LogP contribution < -0.4 is 24.4 Å². The number of allylic oxidation sites excluding steroid dienone is 1. The maximum Gasteiger partial charge on any atom is 0.271 e. The quantitative estimate of drug-likeness (QED) is 0.380. The fourth-order valence-electron chi connectivity index (χ4n) is 5.13. The van der Waals surface area contributed by atoms with E-state index in [1.165, 1.54) is 16.9 Å². The van der Waals surface area contributed by atoms with Crippen LogP contribution in [-0.4, -0.2) is 18.3 Å². The summed E-state index contributed by atoms with van der Waals surface area (Å²) in [5.41, 5.74) is 6.37. The third-order valence-corrected chi connectivity index (χ3v) is 7.79. The number of benzene rings is 3. The van der Waals surface area contributed by atoms with Gasteiger partial charge in [-0.3, -0.25) is 9.36 Å². The molecule has 0 saturated heterocycles. The topological polar surface area (TPSA) is 52.8 Å².